The van der Waals surface area contributed by atoms with E-state index >= 15 is 0 Å². The van der Waals surface area contributed by atoms with Gasteiger partial charge >= 0.3 is 0 Å². The van der Waals surface area contributed by atoms with Crippen LogP contribution in [-0.4, -0.2) is 38.0 Å². The highest BCUT2D eigenvalue weighted by atomic mass is 16.1. The largest absolute Gasteiger partial charge is 0.355 e. The number of carbonyl (C=O) groups is 1. The van der Waals surface area contributed by atoms with Crippen molar-refractivity contribution in [3.05, 3.63) is 0 Å². The Bertz CT molecular complexity index is 169. The zero-order chi connectivity index (χ0) is 12.2. The normalized spacial score (nSPS) is 10.8. The number of unbranched alkanes of at least 4 members (excludes halogenated alkanes) is 6. The molecule has 0 unspecified atom stereocenters. The minimum atomic E-state index is 0.135. The molecule has 0 aliphatic heterocycles. The van der Waals surface area contributed by atoms with E-state index < -0.39 is 0 Å². The van der Waals surface area contributed by atoms with Crippen molar-refractivity contribution in [1.82, 2.24) is 10.2 Å². The zero-order valence-corrected chi connectivity index (χ0v) is 11.2. The molecule has 0 saturated heterocycles. The van der Waals surface area contributed by atoms with Gasteiger partial charge in [0.1, 0.15) is 0 Å². The van der Waals surface area contributed by atoms with Crippen molar-refractivity contribution in [2.24, 2.45) is 0 Å². The maximum absolute atomic E-state index is 11.3. The van der Waals surface area contributed by atoms with E-state index in [9.17, 15) is 4.79 Å². The fourth-order valence-corrected chi connectivity index (χ4v) is 1.65. The second-order valence-electron chi connectivity index (χ2n) is 4.71. The Balaban J connectivity index is 3.11. The Hall–Kier alpha value is -0.570. The minimum absolute atomic E-state index is 0.135. The molecule has 0 rings (SSSR count). The van der Waals surface area contributed by atoms with E-state index in [4.69, 9.17) is 0 Å². The van der Waals surface area contributed by atoms with Crippen LogP contribution < -0.4 is 5.32 Å². The summed E-state index contributed by atoms with van der Waals surface area (Å²) in [6.07, 6.45) is 9.05. The summed E-state index contributed by atoms with van der Waals surface area (Å²) in [5, 5.41) is 2.94. The Labute approximate surface area is 101 Å². The Morgan fingerprint density at radius 2 is 1.56 bits per heavy atom. The van der Waals surface area contributed by atoms with Crippen molar-refractivity contribution in [3.8, 4) is 0 Å². The number of hydrogen-bond acceptors (Lipinski definition) is 2. The second-order valence-corrected chi connectivity index (χ2v) is 4.71. The van der Waals surface area contributed by atoms with Gasteiger partial charge in [0.2, 0.25) is 5.91 Å². The van der Waals surface area contributed by atoms with Gasteiger partial charge in [0.15, 0.2) is 0 Å². The Kier molecular flexibility index (Phi) is 10.5. The molecule has 0 heterocycles. The van der Waals surface area contributed by atoms with E-state index in [2.05, 4.69) is 12.2 Å². The minimum Gasteiger partial charge on any atom is -0.355 e. The monoisotopic (exact) mass is 228 g/mol. The second kappa shape index (κ2) is 10.9. The molecule has 0 bridgehead atoms. The molecule has 1 N–H and O–H groups in total. The lowest BCUT2D eigenvalue weighted by Gasteiger charge is -2.09. The summed E-state index contributed by atoms with van der Waals surface area (Å²) in [6.45, 7) is 3.57. The van der Waals surface area contributed by atoms with Gasteiger partial charge in [0, 0.05) is 6.54 Å². The van der Waals surface area contributed by atoms with Gasteiger partial charge in [-0.3, -0.25) is 4.79 Å². The van der Waals surface area contributed by atoms with Crippen LogP contribution >= 0.6 is 0 Å². The Morgan fingerprint density at radius 1 is 1.00 bits per heavy atom. The van der Waals surface area contributed by atoms with Gasteiger partial charge in [0.25, 0.3) is 0 Å². The molecule has 96 valence electrons. The Morgan fingerprint density at radius 3 is 2.12 bits per heavy atom. The van der Waals surface area contributed by atoms with Crippen LogP contribution in [0.5, 0.6) is 0 Å². The zero-order valence-electron chi connectivity index (χ0n) is 11.2. The third-order valence-electron chi connectivity index (χ3n) is 2.56. The maximum Gasteiger partial charge on any atom is 0.234 e. The lowest BCUT2D eigenvalue weighted by Crippen LogP contribution is -2.33. The average Bonchev–Trinajstić information content (AvgIpc) is 2.21. The molecule has 0 aliphatic carbocycles. The van der Waals surface area contributed by atoms with Gasteiger partial charge in [-0.05, 0) is 20.5 Å². The van der Waals surface area contributed by atoms with Gasteiger partial charge in [-0.2, -0.15) is 0 Å². The van der Waals surface area contributed by atoms with Crippen LogP contribution in [0.3, 0.4) is 0 Å². The van der Waals surface area contributed by atoms with E-state index in [1.165, 1.54) is 38.5 Å². The van der Waals surface area contributed by atoms with Crippen LogP contribution in [0.4, 0.5) is 0 Å². The third-order valence-corrected chi connectivity index (χ3v) is 2.56. The first-order valence-electron chi connectivity index (χ1n) is 6.58. The maximum atomic E-state index is 11.3. The molecule has 3 heteroatoms. The number of carbonyl (C=O) groups excluding carboxylic acids is 1. The molecule has 0 spiro atoms. The number of likely N-dealkylation sites (N-methyl/N-ethyl adjacent to an activating group) is 1. The number of amides is 1. The molecular weight excluding hydrogens is 200 g/mol. The molecule has 0 aliphatic rings. The van der Waals surface area contributed by atoms with Crippen LogP contribution in [0, 0.1) is 0 Å². The van der Waals surface area contributed by atoms with Gasteiger partial charge < -0.3 is 10.2 Å². The van der Waals surface area contributed by atoms with E-state index in [0.717, 1.165) is 13.0 Å². The number of nitrogens with one attached hydrogen (secondary N) is 1. The highest BCUT2D eigenvalue weighted by Gasteiger charge is 2.00. The standard InChI is InChI=1S/C13H28N2O/c1-4-5-6-7-8-9-10-11-14-13(16)12-15(2)3/h4-12H2,1-3H3,(H,14,16). The summed E-state index contributed by atoms with van der Waals surface area (Å²) < 4.78 is 0. The van der Waals surface area contributed by atoms with E-state index in [-0.39, 0.29) is 5.91 Å². The molecule has 1 amide bonds. The smallest absolute Gasteiger partial charge is 0.234 e. The average molecular weight is 228 g/mol. The lowest BCUT2D eigenvalue weighted by molar-refractivity contribution is -0.121. The fourth-order valence-electron chi connectivity index (χ4n) is 1.65. The van der Waals surface area contributed by atoms with Gasteiger partial charge in [-0.1, -0.05) is 45.4 Å². The van der Waals surface area contributed by atoms with E-state index in [1.807, 2.05) is 19.0 Å². The van der Waals surface area contributed by atoms with Crippen LogP contribution in [-0.2, 0) is 4.79 Å². The van der Waals surface area contributed by atoms with Crippen molar-refractivity contribution in [1.29, 1.82) is 0 Å². The predicted octanol–water partition coefficient (Wildman–Crippen LogP) is 2.41. The molecule has 0 aromatic heterocycles. The van der Waals surface area contributed by atoms with Gasteiger partial charge in [-0.25, -0.2) is 0 Å². The molecule has 0 saturated carbocycles. The van der Waals surface area contributed by atoms with E-state index in [0.29, 0.717) is 6.54 Å². The topological polar surface area (TPSA) is 32.3 Å². The number of hydrogen-bond donors (Lipinski definition) is 1. The van der Waals surface area contributed by atoms with Crippen LogP contribution in [0.15, 0.2) is 0 Å². The van der Waals surface area contributed by atoms with Crippen molar-refractivity contribution < 1.29 is 4.79 Å². The number of nitrogens with zero attached hydrogens (tertiary/aromatic N) is 1. The summed E-state index contributed by atoms with van der Waals surface area (Å²) in [5.41, 5.74) is 0. The molecule has 3 nitrogen and oxygen atoms in total. The molecule has 0 radical (unpaired) electrons. The van der Waals surface area contributed by atoms with E-state index in [1.54, 1.807) is 0 Å². The van der Waals surface area contributed by atoms with Crippen molar-refractivity contribution in [3.63, 3.8) is 0 Å². The number of rotatable bonds is 10. The van der Waals surface area contributed by atoms with Gasteiger partial charge in [-0.15, -0.1) is 0 Å². The molecule has 0 aromatic carbocycles. The first-order chi connectivity index (χ1) is 7.66. The molecular formula is C13H28N2O. The summed E-state index contributed by atoms with van der Waals surface area (Å²) in [6, 6.07) is 0. The van der Waals surface area contributed by atoms with Crippen molar-refractivity contribution in [2.45, 2.75) is 51.9 Å². The molecule has 0 atom stereocenters. The van der Waals surface area contributed by atoms with Crippen LogP contribution in [0.25, 0.3) is 0 Å². The SMILES string of the molecule is CCCCCCCCCNC(=O)CN(C)C. The first-order valence-corrected chi connectivity index (χ1v) is 6.58. The third kappa shape index (κ3) is 11.5. The summed E-state index contributed by atoms with van der Waals surface area (Å²) >= 11 is 0. The fraction of sp³-hybridized carbons (Fsp3) is 0.923. The summed E-state index contributed by atoms with van der Waals surface area (Å²) in [4.78, 5) is 13.2. The van der Waals surface area contributed by atoms with Crippen LogP contribution in [0.2, 0.25) is 0 Å². The predicted molar refractivity (Wildman–Crippen MR) is 69.6 cm³/mol. The molecule has 16 heavy (non-hydrogen) atoms. The first kappa shape index (κ1) is 15.4. The highest BCUT2D eigenvalue weighted by molar-refractivity contribution is 5.77. The molecule has 0 aromatic rings. The summed E-state index contributed by atoms with van der Waals surface area (Å²) in [5.74, 6) is 0.135. The van der Waals surface area contributed by atoms with Crippen molar-refractivity contribution >= 4 is 5.91 Å². The van der Waals surface area contributed by atoms with Gasteiger partial charge in [0.05, 0.1) is 6.54 Å². The summed E-state index contributed by atoms with van der Waals surface area (Å²) in [7, 11) is 3.82. The van der Waals surface area contributed by atoms with Crippen molar-refractivity contribution in [2.75, 3.05) is 27.2 Å². The van der Waals surface area contributed by atoms with Crippen LogP contribution in [0.1, 0.15) is 51.9 Å². The lowest BCUT2D eigenvalue weighted by atomic mass is 10.1. The highest BCUT2D eigenvalue weighted by Crippen LogP contribution is 2.06. The quantitative estimate of drug-likeness (QED) is 0.582. The molecule has 0 fully saturated rings.